The van der Waals surface area contributed by atoms with Crippen molar-refractivity contribution in [2.24, 2.45) is 0 Å². The summed E-state index contributed by atoms with van der Waals surface area (Å²) in [5.41, 5.74) is 1.91. The van der Waals surface area contributed by atoms with E-state index in [1.165, 1.54) is 6.08 Å². The van der Waals surface area contributed by atoms with Gasteiger partial charge in [0.2, 0.25) is 6.20 Å². The fourth-order valence-corrected chi connectivity index (χ4v) is 2.00. The van der Waals surface area contributed by atoms with Crippen LogP contribution in [0.1, 0.15) is 5.56 Å². The average Bonchev–Trinajstić information content (AvgIpc) is 2.35. The second-order valence-electron chi connectivity index (χ2n) is 4.22. The predicted octanol–water partition coefficient (Wildman–Crippen LogP) is 3.15. The highest BCUT2D eigenvalue weighted by Gasteiger charge is 2.06. The van der Waals surface area contributed by atoms with E-state index in [2.05, 4.69) is 0 Å². The molecular weight excluding hydrogens is 228 g/mol. The molecule has 0 aliphatic carbocycles. The molecule has 0 aliphatic heterocycles. The van der Waals surface area contributed by atoms with E-state index in [1.54, 1.807) is 0 Å². The maximum absolute atomic E-state index is 10.4. The number of fused-ring (bicyclic) bond motifs is 1. The van der Waals surface area contributed by atoms with E-state index in [-0.39, 0.29) is 0 Å². The van der Waals surface area contributed by atoms with Crippen LogP contribution in [0.2, 0.25) is 0 Å². The van der Waals surface area contributed by atoms with Gasteiger partial charge in [-0.2, -0.15) is 0 Å². The van der Waals surface area contributed by atoms with Gasteiger partial charge in [0, 0.05) is 31.2 Å². The smallest absolute Gasteiger partial charge is 0.235 e. The Bertz CT molecular complexity index is 613. The van der Waals surface area contributed by atoms with Crippen LogP contribution in [-0.2, 0) is 0 Å². The lowest BCUT2D eigenvalue weighted by atomic mass is 10.0. The van der Waals surface area contributed by atoms with E-state index < -0.39 is 4.92 Å². The van der Waals surface area contributed by atoms with Gasteiger partial charge in [-0.1, -0.05) is 30.3 Å². The molecule has 0 amide bonds. The van der Waals surface area contributed by atoms with Crippen molar-refractivity contribution in [2.75, 3.05) is 19.0 Å². The third-order valence-corrected chi connectivity index (χ3v) is 2.77. The summed E-state index contributed by atoms with van der Waals surface area (Å²) in [6, 6.07) is 11.8. The van der Waals surface area contributed by atoms with Gasteiger partial charge in [-0.25, -0.2) is 0 Å². The van der Waals surface area contributed by atoms with E-state index >= 15 is 0 Å². The number of rotatable bonds is 3. The molecule has 0 aliphatic rings. The van der Waals surface area contributed by atoms with Gasteiger partial charge < -0.3 is 4.90 Å². The Hall–Kier alpha value is -2.36. The summed E-state index contributed by atoms with van der Waals surface area (Å²) in [7, 11) is 3.92. The lowest BCUT2D eigenvalue weighted by Gasteiger charge is -2.16. The van der Waals surface area contributed by atoms with Gasteiger partial charge in [-0.15, -0.1) is 0 Å². The van der Waals surface area contributed by atoms with E-state index in [0.717, 1.165) is 28.2 Å². The van der Waals surface area contributed by atoms with Gasteiger partial charge >= 0.3 is 0 Å². The highest BCUT2D eigenvalue weighted by atomic mass is 16.6. The second kappa shape index (κ2) is 4.87. The zero-order chi connectivity index (χ0) is 13.1. The van der Waals surface area contributed by atoms with Crippen LogP contribution in [0.3, 0.4) is 0 Å². The summed E-state index contributed by atoms with van der Waals surface area (Å²) in [4.78, 5) is 12.0. The minimum Gasteiger partial charge on any atom is -0.377 e. The summed E-state index contributed by atoms with van der Waals surface area (Å²) in [5.74, 6) is 0. The number of nitro groups is 1. The first-order chi connectivity index (χ1) is 8.59. The quantitative estimate of drug-likeness (QED) is 0.613. The first kappa shape index (κ1) is 12.1. The molecule has 0 unspecified atom stereocenters. The summed E-state index contributed by atoms with van der Waals surface area (Å²) in [5, 5.41) is 12.5. The van der Waals surface area contributed by atoms with Crippen LogP contribution in [0, 0.1) is 10.1 Å². The molecule has 0 heterocycles. The molecule has 0 aromatic heterocycles. The first-order valence-corrected chi connectivity index (χ1v) is 5.60. The highest BCUT2D eigenvalue weighted by molar-refractivity contribution is 6.00. The Labute approximate surface area is 105 Å². The number of hydrogen-bond donors (Lipinski definition) is 0. The van der Waals surface area contributed by atoms with E-state index in [0.29, 0.717) is 0 Å². The molecule has 0 bridgehead atoms. The zero-order valence-electron chi connectivity index (χ0n) is 10.3. The summed E-state index contributed by atoms with van der Waals surface area (Å²) in [6.45, 7) is 0. The number of hydrogen-bond acceptors (Lipinski definition) is 3. The molecule has 92 valence electrons. The molecule has 0 N–H and O–H groups in total. The van der Waals surface area contributed by atoms with E-state index in [4.69, 9.17) is 0 Å². The van der Waals surface area contributed by atoms with Gasteiger partial charge in [-0.3, -0.25) is 10.1 Å². The van der Waals surface area contributed by atoms with Crippen molar-refractivity contribution in [3.8, 4) is 0 Å². The van der Waals surface area contributed by atoms with Crippen LogP contribution in [0.4, 0.5) is 5.69 Å². The molecule has 0 radical (unpaired) electrons. The SMILES string of the molecule is CN(C)c1cccc2cccc(/C=C/[N+](=O)[O-])c12. The number of benzene rings is 2. The molecule has 0 atom stereocenters. The van der Waals surface area contributed by atoms with Crippen molar-refractivity contribution in [2.45, 2.75) is 0 Å². The van der Waals surface area contributed by atoms with Gasteiger partial charge in [0.15, 0.2) is 0 Å². The molecule has 0 fully saturated rings. The standard InChI is InChI=1S/C14H14N2O2/c1-15(2)13-8-4-7-11-5-3-6-12(14(11)13)9-10-16(17)18/h3-10H,1-2H3/b10-9+. The number of nitrogens with zero attached hydrogens (tertiary/aromatic N) is 2. The maximum Gasteiger partial charge on any atom is 0.235 e. The molecule has 4 heteroatoms. The Morgan fingerprint density at radius 1 is 1.17 bits per heavy atom. The van der Waals surface area contributed by atoms with Crippen molar-refractivity contribution in [3.05, 3.63) is 58.3 Å². The van der Waals surface area contributed by atoms with Crippen molar-refractivity contribution in [1.29, 1.82) is 0 Å². The molecule has 2 rings (SSSR count). The predicted molar refractivity (Wildman–Crippen MR) is 74.3 cm³/mol. The molecular formula is C14H14N2O2. The van der Waals surface area contributed by atoms with Crippen LogP contribution in [0.15, 0.2) is 42.6 Å². The lowest BCUT2D eigenvalue weighted by molar-refractivity contribution is -0.400. The maximum atomic E-state index is 10.4. The van der Waals surface area contributed by atoms with Crippen molar-refractivity contribution in [3.63, 3.8) is 0 Å². The van der Waals surface area contributed by atoms with Crippen LogP contribution in [0.5, 0.6) is 0 Å². The Morgan fingerprint density at radius 3 is 2.44 bits per heavy atom. The Balaban J connectivity index is 2.69. The third kappa shape index (κ3) is 2.32. The van der Waals surface area contributed by atoms with Crippen LogP contribution < -0.4 is 4.90 Å². The molecule has 18 heavy (non-hydrogen) atoms. The summed E-state index contributed by atoms with van der Waals surface area (Å²) < 4.78 is 0. The zero-order valence-corrected chi connectivity index (χ0v) is 10.3. The van der Waals surface area contributed by atoms with Crippen molar-refractivity contribution in [1.82, 2.24) is 0 Å². The number of anilines is 1. The Kier molecular flexibility index (Phi) is 3.28. The largest absolute Gasteiger partial charge is 0.377 e. The lowest BCUT2D eigenvalue weighted by Crippen LogP contribution is -2.09. The normalized spacial score (nSPS) is 11.0. The van der Waals surface area contributed by atoms with Crippen LogP contribution >= 0.6 is 0 Å². The van der Waals surface area contributed by atoms with Gasteiger partial charge in [-0.05, 0) is 17.0 Å². The molecule has 2 aromatic rings. The van der Waals surface area contributed by atoms with Gasteiger partial charge in [0.05, 0.1) is 4.92 Å². The fourth-order valence-electron chi connectivity index (χ4n) is 2.00. The fraction of sp³-hybridized carbons (Fsp3) is 0.143. The van der Waals surface area contributed by atoms with Gasteiger partial charge in [0.1, 0.15) is 0 Å². The molecule has 4 nitrogen and oxygen atoms in total. The summed E-state index contributed by atoms with van der Waals surface area (Å²) >= 11 is 0. The molecule has 2 aromatic carbocycles. The molecule has 0 saturated carbocycles. The molecule has 0 spiro atoms. The minimum atomic E-state index is -0.447. The van der Waals surface area contributed by atoms with Crippen molar-refractivity contribution >= 4 is 22.5 Å². The van der Waals surface area contributed by atoms with Crippen molar-refractivity contribution < 1.29 is 4.92 Å². The first-order valence-electron chi connectivity index (χ1n) is 5.60. The van der Waals surface area contributed by atoms with Crippen LogP contribution in [0.25, 0.3) is 16.8 Å². The Morgan fingerprint density at radius 2 is 1.83 bits per heavy atom. The van der Waals surface area contributed by atoms with E-state index in [1.807, 2.05) is 55.4 Å². The molecule has 0 saturated heterocycles. The topological polar surface area (TPSA) is 46.4 Å². The summed E-state index contributed by atoms with van der Waals surface area (Å²) in [6.07, 6.45) is 2.51. The highest BCUT2D eigenvalue weighted by Crippen LogP contribution is 2.29. The second-order valence-corrected chi connectivity index (χ2v) is 4.22. The van der Waals surface area contributed by atoms with E-state index in [9.17, 15) is 10.1 Å². The third-order valence-electron chi connectivity index (χ3n) is 2.77. The minimum absolute atomic E-state index is 0.447. The van der Waals surface area contributed by atoms with Gasteiger partial charge in [0.25, 0.3) is 0 Å². The monoisotopic (exact) mass is 242 g/mol. The van der Waals surface area contributed by atoms with Crippen LogP contribution in [-0.4, -0.2) is 19.0 Å². The average molecular weight is 242 g/mol.